The summed E-state index contributed by atoms with van der Waals surface area (Å²) in [6.07, 6.45) is 1.25. The van der Waals surface area contributed by atoms with Gasteiger partial charge in [0.1, 0.15) is 17.8 Å². The van der Waals surface area contributed by atoms with E-state index in [2.05, 4.69) is 38.1 Å². The predicted octanol–water partition coefficient (Wildman–Crippen LogP) is 4.97. The molecule has 0 spiro atoms. The SMILES string of the molecule is COc1ccc(C2=Nc3occc3C(N)N2c2ccc(C(C)C)cc2)cc1. The molecule has 0 saturated carbocycles. The topological polar surface area (TPSA) is 64.0 Å². The number of rotatable bonds is 4. The molecule has 138 valence electrons. The van der Waals surface area contributed by atoms with Gasteiger partial charge in [-0.15, -0.1) is 0 Å². The lowest BCUT2D eigenvalue weighted by molar-refractivity contribution is 0.415. The van der Waals surface area contributed by atoms with Crippen molar-refractivity contribution in [2.45, 2.75) is 25.9 Å². The van der Waals surface area contributed by atoms with Crippen LogP contribution in [0.5, 0.6) is 5.75 Å². The third kappa shape index (κ3) is 3.11. The van der Waals surface area contributed by atoms with Crippen molar-refractivity contribution in [2.24, 2.45) is 10.7 Å². The summed E-state index contributed by atoms with van der Waals surface area (Å²) in [7, 11) is 1.65. The monoisotopic (exact) mass is 361 g/mol. The molecule has 0 bridgehead atoms. The van der Waals surface area contributed by atoms with Crippen LogP contribution in [0, 0.1) is 0 Å². The molecular weight excluding hydrogens is 338 g/mol. The van der Waals surface area contributed by atoms with E-state index in [9.17, 15) is 0 Å². The molecule has 0 fully saturated rings. The molecule has 0 saturated heterocycles. The molecule has 4 rings (SSSR count). The van der Waals surface area contributed by atoms with Crippen molar-refractivity contribution in [3.8, 4) is 5.75 Å². The molecule has 27 heavy (non-hydrogen) atoms. The summed E-state index contributed by atoms with van der Waals surface area (Å²) in [4.78, 5) is 6.80. The number of hydrogen-bond donors (Lipinski definition) is 1. The summed E-state index contributed by atoms with van der Waals surface area (Å²) >= 11 is 0. The van der Waals surface area contributed by atoms with E-state index in [0.717, 1.165) is 28.4 Å². The molecule has 5 nitrogen and oxygen atoms in total. The Morgan fingerprint density at radius 1 is 1.04 bits per heavy atom. The smallest absolute Gasteiger partial charge is 0.227 e. The number of amidine groups is 1. The molecule has 1 aromatic heterocycles. The Morgan fingerprint density at radius 3 is 2.37 bits per heavy atom. The number of methoxy groups -OCH3 is 1. The Kier molecular flexibility index (Phi) is 4.46. The zero-order chi connectivity index (χ0) is 19.0. The molecule has 2 N–H and O–H groups in total. The zero-order valence-electron chi connectivity index (χ0n) is 15.7. The minimum absolute atomic E-state index is 0.377. The average Bonchev–Trinajstić information content (AvgIpc) is 3.17. The van der Waals surface area contributed by atoms with Crippen molar-refractivity contribution in [3.63, 3.8) is 0 Å². The van der Waals surface area contributed by atoms with Crippen LogP contribution in [-0.2, 0) is 0 Å². The van der Waals surface area contributed by atoms with Crippen molar-refractivity contribution in [3.05, 3.63) is 77.6 Å². The fourth-order valence-corrected chi connectivity index (χ4v) is 3.29. The molecule has 1 aliphatic heterocycles. The quantitative estimate of drug-likeness (QED) is 0.713. The van der Waals surface area contributed by atoms with Crippen LogP contribution < -0.4 is 15.4 Å². The van der Waals surface area contributed by atoms with E-state index >= 15 is 0 Å². The van der Waals surface area contributed by atoms with Crippen LogP contribution in [-0.4, -0.2) is 12.9 Å². The lowest BCUT2D eigenvalue weighted by Crippen LogP contribution is -2.41. The van der Waals surface area contributed by atoms with Crippen LogP contribution in [0.15, 0.2) is 70.3 Å². The number of nitrogens with two attached hydrogens (primary N) is 1. The third-order valence-corrected chi connectivity index (χ3v) is 4.89. The van der Waals surface area contributed by atoms with Gasteiger partial charge in [-0.1, -0.05) is 26.0 Å². The van der Waals surface area contributed by atoms with Crippen molar-refractivity contribution < 1.29 is 9.15 Å². The summed E-state index contributed by atoms with van der Waals surface area (Å²) in [6.45, 7) is 4.37. The van der Waals surface area contributed by atoms with Crippen molar-refractivity contribution in [2.75, 3.05) is 12.0 Å². The van der Waals surface area contributed by atoms with Gasteiger partial charge in [0.2, 0.25) is 5.88 Å². The van der Waals surface area contributed by atoms with E-state index in [0.29, 0.717) is 11.8 Å². The first-order chi connectivity index (χ1) is 13.1. The molecule has 0 amide bonds. The normalized spacial score (nSPS) is 16.3. The van der Waals surface area contributed by atoms with E-state index in [1.54, 1.807) is 13.4 Å². The molecule has 2 heterocycles. The van der Waals surface area contributed by atoms with Gasteiger partial charge < -0.3 is 19.8 Å². The van der Waals surface area contributed by atoms with E-state index in [4.69, 9.17) is 19.9 Å². The van der Waals surface area contributed by atoms with Crippen LogP contribution in [0.25, 0.3) is 0 Å². The van der Waals surface area contributed by atoms with E-state index in [1.807, 2.05) is 35.2 Å². The standard InChI is InChI=1S/C22H23N3O2/c1-14(2)15-4-8-17(9-5-15)25-20(23)19-12-13-27-22(19)24-21(25)16-6-10-18(26-3)11-7-16/h4-14,20H,23H2,1-3H3. The molecular formula is C22H23N3O2. The van der Waals surface area contributed by atoms with Crippen LogP contribution in [0.2, 0.25) is 0 Å². The zero-order valence-corrected chi connectivity index (χ0v) is 15.7. The first-order valence-electron chi connectivity index (χ1n) is 9.03. The molecule has 0 aliphatic carbocycles. The average molecular weight is 361 g/mol. The minimum atomic E-state index is -0.377. The van der Waals surface area contributed by atoms with Crippen molar-refractivity contribution in [1.29, 1.82) is 0 Å². The van der Waals surface area contributed by atoms with Crippen LogP contribution in [0.1, 0.15) is 42.6 Å². The highest BCUT2D eigenvalue weighted by Gasteiger charge is 2.31. The lowest BCUT2D eigenvalue weighted by atomic mass is 10.0. The minimum Gasteiger partial charge on any atom is -0.497 e. The van der Waals surface area contributed by atoms with Gasteiger partial charge in [0.25, 0.3) is 0 Å². The third-order valence-electron chi connectivity index (χ3n) is 4.89. The molecule has 3 aromatic rings. The van der Waals surface area contributed by atoms with Crippen LogP contribution in [0.3, 0.4) is 0 Å². The lowest BCUT2D eigenvalue weighted by Gasteiger charge is -2.34. The second-order valence-corrected chi connectivity index (χ2v) is 6.91. The summed E-state index contributed by atoms with van der Waals surface area (Å²) in [5.41, 5.74) is 10.7. The highest BCUT2D eigenvalue weighted by molar-refractivity contribution is 6.12. The molecule has 5 heteroatoms. The number of aliphatic imine (C=N–C) groups is 1. The predicted molar refractivity (Wildman–Crippen MR) is 108 cm³/mol. The van der Waals surface area contributed by atoms with Gasteiger partial charge in [-0.2, -0.15) is 4.99 Å². The van der Waals surface area contributed by atoms with Gasteiger partial charge in [0.15, 0.2) is 0 Å². The molecule has 0 radical (unpaired) electrons. The number of ether oxygens (including phenoxy) is 1. The van der Waals surface area contributed by atoms with Crippen LogP contribution >= 0.6 is 0 Å². The van der Waals surface area contributed by atoms with E-state index < -0.39 is 0 Å². The Bertz CT molecular complexity index is 956. The maximum Gasteiger partial charge on any atom is 0.227 e. The molecule has 1 aliphatic rings. The first-order valence-corrected chi connectivity index (χ1v) is 9.03. The fourth-order valence-electron chi connectivity index (χ4n) is 3.29. The fraction of sp³-hybridized carbons (Fsp3) is 0.227. The van der Waals surface area contributed by atoms with Gasteiger partial charge in [-0.05, 0) is 53.9 Å². The Balaban J connectivity index is 1.81. The molecule has 2 aromatic carbocycles. The van der Waals surface area contributed by atoms with Crippen LogP contribution in [0.4, 0.5) is 11.6 Å². The Morgan fingerprint density at radius 2 is 1.74 bits per heavy atom. The van der Waals surface area contributed by atoms with E-state index in [-0.39, 0.29) is 6.17 Å². The number of anilines is 1. The largest absolute Gasteiger partial charge is 0.497 e. The summed E-state index contributed by atoms with van der Waals surface area (Å²) < 4.78 is 10.8. The van der Waals surface area contributed by atoms with Gasteiger partial charge in [0, 0.05) is 11.3 Å². The number of fused-ring (bicyclic) bond motifs is 1. The first kappa shape index (κ1) is 17.4. The van der Waals surface area contributed by atoms with Gasteiger partial charge >= 0.3 is 0 Å². The maximum absolute atomic E-state index is 6.61. The van der Waals surface area contributed by atoms with E-state index in [1.165, 1.54) is 5.56 Å². The van der Waals surface area contributed by atoms with Gasteiger partial charge in [0.05, 0.1) is 18.9 Å². The maximum atomic E-state index is 6.61. The summed E-state index contributed by atoms with van der Waals surface area (Å²) in [5, 5.41) is 0. The second kappa shape index (κ2) is 6.93. The Hall–Kier alpha value is -3.05. The molecule has 1 unspecified atom stereocenters. The number of furan rings is 1. The molecule has 1 atom stereocenters. The highest BCUT2D eigenvalue weighted by Crippen LogP contribution is 2.37. The van der Waals surface area contributed by atoms with Gasteiger partial charge in [-0.3, -0.25) is 0 Å². The summed E-state index contributed by atoms with van der Waals surface area (Å²) in [6, 6.07) is 18.2. The number of nitrogens with zero attached hydrogens (tertiary/aromatic N) is 2. The van der Waals surface area contributed by atoms with Crippen molar-refractivity contribution in [1.82, 2.24) is 0 Å². The van der Waals surface area contributed by atoms with Crippen molar-refractivity contribution >= 4 is 17.4 Å². The number of benzene rings is 2. The van der Waals surface area contributed by atoms with Gasteiger partial charge in [-0.25, -0.2) is 0 Å². The Labute approximate surface area is 159 Å². The number of hydrogen-bond acceptors (Lipinski definition) is 5. The summed E-state index contributed by atoms with van der Waals surface area (Å²) in [5.74, 6) is 2.59. The highest BCUT2D eigenvalue weighted by atomic mass is 16.5. The second-order valence-electron chi connectivity index (χ2n) is 6.91.